The van der Waals surface area contributed by atoms with E-state index in [0.717, 1.165) is 30.6 Å². The van der Waals surface area contributed by atoms with Gasteiger partial charge in [-0.1, -0.05) is 55.9 Å². The second kappa shape index (κ2) is 8.16. The molecule has 1 fully saturated rings. The highest BCUT2D eigenvalue weighted by atomic mass is 32.2. The van der Waals surface area contributed by atoms with E-state index < -0.39 is 0 Å². The molecule has 2 aromatic rings. The Bertz CT molecular complexity index is 744. The molecule has 0 spiro atoms. The van der Waals surface area contributed by atoms with Crippen LogP contribution in [0.1, 0.15) is 40.0 Å². The Labute approximate surface area is 159 Å². The van der Waals surface area contributed by atoms with E-state index in [9.17, 15) is 4.79 Å². The molecule has 2 heterocycles. The van der Waals surface area contributed by atoms with Crippen LogP contribution >= 0.6 is 11.8 Å². The van der Waals surface area contributed by atoms with E-state index in [1.54, 1.807) is 0 Å². The zero-order valence-electron chi connectivity index (χ0n) is 15.8. The summed E-state index contributed by atoms with van der Waals surface area (Å²) in [6, 6.07) is 10.3. The molecule has 26 heavy (non-hydrogen) atoms. The summed E-state index contributed by atoms with van der Waals surface area (Å²) < 4.78 is 1.54. The quantitative estimate of drug-likeness (QED) is 0.641. The first-order valence-corrected chi connectivity index (χ1v) is 10.2. The Kier molecular flexibility index (Phi) is 5.91. The lowest BCUT2D eigenvalue weighted by Gasteiger charge is -2.36. The monoisotopic (exact) mass is 372 g/mol. The van der Waals surface area contributed by atoms with Crippen molar-refractivity contribution in [3.8, 4) is 11.3 Å². The lowest BCUT2D eigenvalue weighted by Crippen LogP contribution is -2.47. The van der Waals surface area contributed by atoms with Crippen LogP contribution in [0.5, 0.6) is 0 Å². The smallest absolute Gasteiger partial charge is 0.236 e. The molecule has 0 aliphatic carbocycles. The molecule has 1 saturated heterocycles. The maximum absolute atomic E-state index is 13.2. The van der Waals surface area contributed by atoms with E-state index in [4.69, 9.17) is 5.84 Å². The van der Waals surface area contributed by atoms with Crippen LogP contribution in [0.25, 0.3) is 11.3 Å². The number of imidazole rings is 1. The Morgan fingerprint density at radius 2 is 2.00 bits per heavy atom. The molecule has 6 heteroatoms. The van der Waals surface area contributed by atoms with Gasteiger partial charge in [0.25, 0.3) is 0 Å². The first-order valence-electron chi connectivity index (χ1n) is 9.34. The molecule has 1 aliphatic heterocycles. The van der Waals surface area contributed by atoms with Crippen LogP contribution in [0.15, 0.2) is 41.7 Å². The second-order valence-corrected chi connectivity index (χ2v) is 8.45. The van der Waals surface area contributed by atoms with Crippen molar-refractivity contribution in [3.05, 3.63) is 36.5 Å². The summed E-state index contributed by atoms with van der Waals surface area (Å²) in [6.07, 6.45) is 5.21. The number of hydrogen-bond donors (Lipinski definition) is 1. The predicted octanol–water partition coefficient (Wildman–Crippen LogP) is 3.78. The van der Waals surface area contributed by atoms with Gasteiger partial charge in [0, 0.05) is 18.2 Å². The number of nitrogens with two attached hydrogens (primary N) is 1. The van der Waals surface area contributed by atoms with Gasteiger partial charge in [-0.3, -0.25) is 4.79 Å². The van der Waals surface area contributed by atoms with Crippen LogP contribution in [-0.4, -0.2) is 38.3 Å². The van der Waals surface area contributed by atoms with Gasteiger partial charge >= 0.3 is 0 Å². The van der Waals surface area contributed by atoms with Crippen molar-refractivity contribution in [2.75, 3.05) is 12.4 Å². The third kappa shape index (κ3) is 4.06. The molecule has 1 aromatic heterocycles. The summed E-state index contributed by atoms with van der Waals surface area (Å²) in [5.41, 5.74) is 1.85. The average molecular weight is 373 g/mol. The standard InChI is InChI=1S/C20H28N4OS/c1-14(2)18(19(25)23-12-8-7-9-15(23)3)26-20-22-17(13-24(20)21)16-10-5-4-6-11-16/h4-6,10-11,13-15,18H,7-9,12,21H2,1-3H3. The topological polar surface area (TPSA) is 64.2 Å². The van der Waals surface area contributed by atoms with Crippen molar-refractivity contribution in [1.29, 1.82) is 0 Å². The van der Waals surface area contributed by atoms with Crippen molar-refractivity contribution >= 4 is 17.7 Å². The molecule has 1 aromatic carbocycles. The molecule has 0 saturated carbocycles. The van der Waals surface area contributed by atoms with E-state index >= 15 is 0 Å². The van der Waals surface area contributed by atoms with Crippen molar-refractivity contribution in [2.24, 2.45) is 5.92 Å². The second-order valence-electron chi connectivity index (χ2n) is 7.34. The number of amides is 1. The summed E-state index contributed by atoms with van der Waals surface area (Å²) in [5, 5.41) is 0.504. The van der Waals surface area contributed by atoms with Gasteiger partial charge in [0.05, 0.1) is 17.1 Å². The van der Waals surface area contributed by atoms with Gasteiger partial charge in [-0.15, -0.1) is 0 Å². The van der Waals surface area contributed by atoms with E-state index in [1.807, 2.05) is 41.4 Å². The molecule has 1 aliphatic rings. The zero-order valence-corrected chi connectivity index (χ0v) is 16.6. The van der Waals surface area contributed by atoms with E-state index in [2.05, 4.69) is 25.8 Å². The largest absolute Gasteiger partial charge is 0.339 e. The Morgan fingerprint density at radius 3 is 2.65 bits per heavy atom. The fourth-order valence-electron chi connectivity index (χ4n) is 3.39. The lowest BCUT2D eigenvalue weighted by atomic mass is 10.0. The highest BCUT2D eigenvalue weighted by Crippen LogP contribution is 2.32. The summed E-state index contributed by atoms with van der Waals surface area (Å²) in [6.45, 7) is 7.19. The Hall–Kier alpha value is -1.95. The fourth-order valence-corrected chi connectivity index (χ4v) is 4.45. The number of carbonyl (C=O) groups excluding carboxylic acids is 1. The van der Waals surface area contributed by atoms with Crippen LogP contribution in [0.2, 0.25) is 0 Å². The van der Waals surface area contributed by atoms with Crippen molar-refractivity contribution < 1.29 is 4.79 Å². The average Bonchev–Trinajstić information content (AvgIpc) is 3.00. The number of carbonyl (C=O) groups is 1. The number of hydrogen-bond acceptors (Lipinski definition) is 4. The highest BCUT2D eigenvalue weighted by molar-refractivity contribution is 8.00. The third-order valence-electron chi connectivity index (χ3n) is 4.94. The normalized spacial score (nSPS) is 18.9. The predicted molar refractivity (Wildman–Crippen MR) is 107 cm³/mol. The lowest BCUT2D eigenvalue weighted by molar-refractivity contribution is -0.134. The van der Waals surface area contributed by atoms with Crippen LogP contribution in [0, 0.1) is 5.92 Å². The van der Waals surface area contributed by atoms with Crippen LogP contribution in [0.3, 0.4) is 0 Å². The molecule has 0 radical (unpaired) electrons. The van der Waals surface area contributed by atoms with Gasteiger partial charge in [-0.25, -0.2) is 9.66 Å². The van der Waals surface area contributed by atoms with Crippen molar-refractivity contribution in [2.45, 2.75) is 56.5 Å². The molecule has 0 bridgehead atoms. The Morgan fingerprint density at radius 1 is 1.27 bits per heavy atom. The first-order chi connectivity index (χ1) is 12.5. The van der Waals surface area contributed by atoms with Crippen molar-refractivity contribution in [1.82, 2.24) is 14.6 Å². The number of thioether (sulfide) groups is 1. The maximum Gasteiger partial charge on any atom is 0.236 e. The van der Waals surface area contributed by atoms with Crippen LogP contribution in [-0.2, 0) is 4.79 Å². The molecular weight excluding hydrogens is 344 g/mol. The molecule has 2 atom stereocenters. The number of benzene rings is 1. The van der Waals surface area contributed by atoms with E-state index in [1.165, 1.54) is 22.9 Å². The van der Waals surface area contributed by atoms with Gasteiger partial charge in [-0.05, 0) is 32.1 Å². The summed E-state index contributed by atoms with van der Waals surface area (Å²) in [7, 11) is 0. The number of rotatable bonds is 5. The number of piperidine rings is 1. The SMILES string of the molecule is CC(C)C(Sc1nc(-c2ccccc2)cn1N)C(=O)N1CCCCC1C. The minimum absolute atomic E-state index is 0.177. The molecule has 3 rings (SSSR count). The summed E-state index contributed by atoms with van der Waals surface area (Å²) in [5.74, 6) is 6.56. The molecule has 2 unspecified atom stereocenters. The molecule has 1 amide bonds. The van der Waals surface area contributed by atoms with Crippen molar-refractivity contribution in [3.63, 3.8) is 0 Å². The van der Waals surface area contributed by atoms with Crippen LogP contribution in [0.4, 0.5) is 0 Å². The van der Waals surface area contributed by atoms with E-state index in [0.29, 0.717) is 11.2 Å². The van der Waals surface area contributed by atoms with Crippen LogP contribution < -0.4 is 5.84 Å². The number of likely N-dealkylation sites (tertiary alicyclic amines) is 1. The molecule has 140 valence electrons. The number of nitrogen functional groups attached to an aromatic ring is 1. The molecular formula is C20H28N4OS. The van der Waals surface area contributed by atoms with Gasteiger partial charge in [-0.2, -0.15) is 0 Å². The van der Waals surface area contributed by atoms with Gasteiger partial charge in [0.15, 0.2) is 5.16 Å². The number of aromatic nitrogens is 2. The minimum Gasteiger partial charge on any atom is -0.339 e. The summed E-state index contributed by atoms with van der Waals surface area (Å²) in [4.78, 5) is 19.9. The Balaban J connectivity index is 1.80. The summed E-state index contributed by atoms with van der Waals surface area (Å²) >= 11 is 1.48. The van der Waals surface area contributed by atoms with E-state index in [-0.39, 0.29) is 17.1 Å². The highest BCUT2D eigenvalue weighted by Gasteiger charge is 2.33. The molecule has 5 nitrogen and oxygen atoms in total. The first kappa shape index (κ1) is 18.8. The van der Waals surface area contributed by atoms with Gasteiger partial charge < -0.3 is 10.7 Å². The van der Waals surface area contributed by atoms with Gasteiger partial charge in [0.1, 0.15) is 0 Å². The maximum atomic E-state index is 13.2. The zero-order chi connectivity index (χ0) is 18.7. The number of nitrogens with zero attached hydrogens (tertiary/aromatic N) is 3. The molecule has 2 N–H and O–H groups in total. The minimum atomic E-state index is -0.177. The fraction of sp³-hybridized carbons (Fsp3) is 0.500. The van der Waals surface area contributed by atoms with Gasteiger partial charge in [0.2, 0.25) is 5.91 Å². The third-order valence-corrected chi connectivity index (χ3v) is 6.45.